The van der Waals surface area contributed by atoms with Gasteiger partial charge in [0.2, 0.25) is 0 Å². The maximum Gasteiger partial charge on any atom is 0.333 e. The third-order valence-electron chi connectivity index (χ3n) is 4.62. The van der Waals surface area contributed by atoms with E-state index in [2.05, 4.69) is 23.0 Å². The average Bonchev–Trinajstić information content (AvgIpc) is 3.08. The summed E-state index contributed by atoms with van der Waals surface area (Å²) < 4.78 is 26.6. The minimum absolute atomic E-state index is 0.192. The molecule has 2 aliphatic rings. The molecule has 7 heteroatoms. The zero-order valence-electron chi connectivity index (χ0n) is 14.6. The number of urea groups is 1. The Hall–Kier alpha value is -2.41. The van der Waals surface area contributed by atoms with Crippen molar-refractivity contribution in [3.05, 3.63) is 59.5 Å². The largest absolute Gasteiger partial charge is 0.333 e. The molecular formula is C19H23N3O3S. The van der Waals surface area contributed by atoms with E-state index >= 15 is 0 Å². The first-order valence-electron chi connectivity index (χ1n) is 8.83. The third kappa shape index (κ3) is 4.22. The fraction of sp³-hybridized carbons (Fsp3) is 0.368. The molecule has 6 nitrogen and oxygen atoms in total. The molecule has 26 heavy (non-hydrogen) atoms. The Morgan fingerprint density at radius 2 is 1.96 bits per heavy atom. The molecule has 2 aliphatic carbocycles. The Bertz CT molecular complexity index is 871. The lowest BCUT2D eigenvalue weighted by Gasteiger charge is -2.17. The number of fused-ring (bicyclic) bond motifs is 1. The number of hydrogen-bond acceptors (Lipinski definition) is 4. The van der Waals surface area contributed by atoms with E-state index in [0.717, 1.165) is 56.1 Å². The number of rotatable bonds is 3. The summed E-state index contributed by atoms with van der Waals surface area (Å²) in [6.45, 7) is 4.12. The Balaban J connectivity index is 1.82. The second-order valence-electron chi connectivity index (χ2n) is 6.51. The fourth-order valence-corrected chi connectivity index (χ4v) is 4.22. The first-order chi connectivity index (χ1) is 12.5. The van der Waals surface area contributed by atoms with E-state index in [0.29, 0.717) is 5.70 Å². The zero-order chi connectivity index (χ0) is 18.6. The van der Waals surface area contributed by atoms with Gasteiger partial charge in [-0.2, -0.15) is 8.42 Å². The summed E-state index contributed by atoms with van der Waals surface area (Å²) in [5.74, 6) is 0. The van der Waals surface area contributed by atoms with Crippen molar-refractivity contribution in [2.75, 3.05) is 0 Å². The Morgan fingerprint density at radius 1 is 1.12 bits per heavy atom. The van der Waals surface area contributed by atoms with Crippen LogP contribution < -0.4 is 10.0 Å². The van der Waals surface area contributed by atoms with Gasteiger partial charge in [-0.1, -0.05) is 18.7 Å². The monoisotopic (exact) mass is 373 g/mol. The van der Waals surface area contributed by atoms with Gasteiger partial charge in [-0.05, 0) is 73.8 Å². The third-order valence-corrected chi connectivity index (χ3v) is 5.86. The van der Waals surface area contributed by atoms with E-state index in [9.17, 15) is 13.2 Å². The van der Waals surface area contributed by atoms with E-state index in [1.54, 1.807) is 12.1 Å². The van der Waals surface area contributed by atoms with Crippen molar-refractivity contribution >= 4 is 16.1 Å². The van der Waals surface area contributed by atoms with Crippen molar-refractivity contribution in [1.29, 1.82) is 0 Å². The van der Waals surface area contributed by atoms with Gasteiger partial charge in [0.25, 0.3) is 10.0 Å². The van der Waals surface area contributed by atoms with Gasteiger partial charge in [0.15, 0.2) is 5.03 Å². The van der Waals surface area contributed by atoms with Crippen LogP contribution in [0, 0.1) is 0 Å². The van der Waals surface area contributed by atoms with Crippen LogP contribution in [0.5, 0.6) is 0 Å². The van der Waals surface area contributed by atoms with Crippen molar-refractivity contribution in [2.24, 2.45) is 0 Å². The van der Waals surface area contributed by atoms with E-state index in [1.807, 2.05) is 4.72 Å². The number of aromatic nitrogens is 1. The molecule has 0 bridgehead atoms. The standard InChI is InChI=1S/C19H23N3O3S/c1-14-8-3-2-4-9-15-10-7-11-16(15)18(14)21-19(23)22-26(24,25)17-12-5-6-13-20-17/h5-6,9,12-13H,1-4,7-8,10-11H2,(H2,21,22,23)/b15-9-,18-16?. The molecule has 0 unspecified atom stereocenters. The van der Waals surface area contributed by atoms with E-state index in [1.165, 1.54) is 17.8 Å². The number of carbonyl (C=O) groups excluding carboxylic acids is 1. The highest BCUT2D eigenvalue weighted by Gasteiger charge is 2.24. The summed E-state index contributed by atoms with van der Waals surface area (Å²) in [5.41, 5.74) is 3.85. The van der Waals surface area contributed by atoms with Crippen molar-refractivity contribution in [3.8, 4) is 0 Å². The highest BCUT2D eigenvalue weighted by molar-refractivity contribution is 7.90. The number of nitrogens with zero attached hydrogens (tertiary/aromatic N) is 1. The molecular weight excluding hydrogens is 350 g/mol. The van der Waals surface area contributed by atoms with Crippen molar-refractivity contribution < 1.29 is 13.2 Å². The quantitative estimate of drug-likeness (QED) is 0.848. The van der Waals surface area contributed by atoms with Crippen LogP contribution in [0.4, 0.5) is 4.79 Å². The van der Waals surface area contributed by atoms with Crippen LogP contribution in [0.15, 0.2) is 64.5 Å². The lowest BCUT2D eigenvalue weighted by Crippen LogP contribution is -2.40. The van der Waals surface area contributed by atoms with Crippen LogP contribution >= 0.6 is 0 Å². The molecule has 3 rings (SSSR count). The zero-order valence-corrected chi connectivity index (χ0v) is 15.4. The second-order valence-corrected chi connectivity index (χ2v) is 8.14. The van der Waals surface area contributed by atoms with Crippen LogP contribution in [0.3, 0.4) is 0 Å². The molecule has 1 aromatic rings. The molecule has 0 atom stereocenters. The minimum atomic E-state index is -4.01. The molecule has 0 spiro atoms. The van der Waals surface area contributed by atoms with Crippen LogP contribution in [-0.4, -0.2) is 19.4 Å². The predicted molar refractivity (Wildman–Crippen MR) is 99.7 cm³/mol. The summed E-state index contributed by atoms with van der Waals surface area (Å²) in [6.07, 6.45) is 10.4. The predicted octanol–water partition coefficient (Wildman–Crippen LogP) is 3.56. The average molecular weight is 373 g/mol. The van der Waals surface area contributed by atoms with Gasteiger partial charge in [-0.3, -0.25) is 0 Å². The minimum Gasteiger partial charge on any atom is -0.307 e. The van der Waals surface area contributed by atoms with Crippen LogP contribution in [0.1, 0.15) is 44.9 Å². The topological polar surface area (TPSA) is 88.2 Å². The molecule has 1 fully saturated rings. The molecule has 1 aromatic heterocycles. The molecule has 0 saturated heterocycles. The number of pyridine rings is 1. The van der Waals surface area contributed by atoms with Gasteiger partial charge in [0.1, 0.15) is 0 Å². The molecule has 1 heterocycles. The molecule has 0 aromatic carbocycles. The fourth-order valence-electron chi connectivity index (χ4n) is 3.36. The summed E-state index contributed by atoms with van der Waals surface area (Å²) in [4.78, 5) is 16.2. The Kier molecular flexibility index (Phi) is 5.56. The smallest absolute Gasteiger partial charge is 0.307 e. The molecule has 2 N–H and O–H groups in total. The summed E-state index contributed by atoms with van der Waals surface area (Å²) in [7, 11) is -4.01. The van der Waals surface area contributed by atoms with Gasteiger partial charge >= 0.3 is 6.03 Å². The summed E-state index contributed by atoms with van der Waals surface area (Å²) in [5, 5.41) is 2.55. The molecule has 138 valence electrons. The summed E-state index contributed by atoms with van der Waals surface area (Å²) >= 11 is 0. The van der Waals surface area contributed by atoms with Crippen LogP contribution in [0.25, 0.3) is 0 Å². The lowest BCUT2D eigenvalue weighted by molar-refractivity contribution is 0.248. The van der Waals surface area contributed by atoms with Gasteiger partial charge in [0, 0.05) is 11.9 Å². The second kappa shape index (κ2) is 7.86. The highest BCUT2D eigenvalue weighted by Crippen LogP contribution is 2.36. The first-order valence-corrected chi connectivity index (χ1v) is 10.3. The van der Waals surface area contributed by atoms with Crippen molar-refractivity contribution in [3.63, 3.8) is 0 Å². The van der Waals surface area contributed by atoms with Crippen molar-refractivity contribution in [2.45, 2.75) is 50.0 Å². The molecule has 0 aliphatic heterocycles. The maximum atomic E-state index is 12.4. The number of nitrogens with one attached hydrogen (secondary N) is 2. The molecule has 2 amide bonds. The van der Waals surface area contributed by atoms with Gasteiger partial charge in [0.05, 0.1) is 0 Å². The van der Waals surface area contributed by atoms with Crippen LogP contribution in [0.2, 0.25) is 0 Å². The van der Waals surface area contributed by atoms with E-state index < -0.39 is 16.1 Å². The van der Waals surface area contributed by atoms with E-state index in [-0.39, 0.29) is 5.03 Å². The van der Waals surface area contributed by atoms with E-state index in [4.69, 9.17) is 0 Å². The number of allylic oxidation sites excluding steroid dienone is 4. The lowest BCUT2D eigenvalue weighted by atomic mass is 10.0. The first kappa shape index (κ1) is 18.4. The normalized spacial score (nSPS) is 20.3. The number of amides is 2. The molecule has 1 saturated carbocycles. The van der Waals surface area contributed by atoms with Gasteiger partial charge in [-0.15, -0.1) is 0 Å². The molecule has 0 radical (unpaired) electrons. The highest BCUT2D eigenvalue weighted by atomic mass is 32.2. The van der Waals surface area contributed by atoms with Gasteiger partial charge in [-0.25, -0.2) is 14.5 Å². The SMILES string of the molecule is C=C1CCCC/C=C2/CCCC2=C1NC(=O)NS(=O)(=O)c1ccccn1. The number of hydrogen-bond donors (Lipinski definition) is 2. The van der Waals surface area contributed by atoms with Gasteiger partial charge < -0.3 is 5.32 Å². The maximum absolute atomic E-state index is 12.4. The Morgan fingerprint density at radius 3 is 2.73 bits per heavy atom. The van der Waals surface area contributed by atoms with Crippen LogP contribution in [-0.2, 0) is 10.0 Å². The number of sulfonamides is 1. The number of carbonyl (C=O) groups is 1. The van der Waals surface area contributed by atoms with Crippen molar-refractivity contribution in [1.82, 2.24) is 15.0 Å². The summed E-state index contributed by atoms with van der Waals surface area (Å²) in [6, 6.07) is 3.72. The Labute approximate surface area is 154 Å².